The quantitative estimate of drug-likeness (QED) is 0.581. The molecule has 1 aromatic heterocycles. The number of hydrogen-bond donors (Lipinski definition) is 1. The normalized spacial score (nSPS) is 11.7. The Morgan fingerprint density at radius 2 is 1.55 bits per heavy atom. The highest BCUT2D eigenvalue weighted by molar-refractivity contribution is 7.86. The van der Waals surface area contributed by atoms with Crippen molar-refractivity contribution in [3.05, 3.63) is 67.0 Å². The Kier molecular flexibility index (Phi) is 3.00. The van der Waals surface area contributed by atoms with Gasteiger partial charge in [-0.05, 0) is 11.5 Å². The molecule has 20 heavy (non-hydrogen) atoms. The van der Waals surface area contributed by atoms with Crippen LogP contribution in [0.5, 0.6) is 0 Å². The van der Waals surface area contributed by atoms with Gasteiger partial charge in [0.2, 0.25) is 5.69 Å². The molecule has 3 aromatic rings. The lowest BCUT2D eigenvalue weighted by molar-refractivity contribution is -0.598. The first-order valence-electron chi connectivity index (χ1n) is 6.03. The maximum Gasteiger partial charge on any atom is 0.301 e. The molecule has 0 amide bonds. The summed E-state index contributed by atoms with van der Waals surface area (Å²) < 4.78 is 34.8. The van der Waals surface area contributed by atoms with Gasteiger partial charge in [-0.25, -0.2) is 0 Å². The fourth-order valence-corrected chi connectivity index (χ4v) is 3.17. The number of nitrogens with zero attached hydrogens (tertiary/aromatic N) is 1. The molecule has 0 atom stereocenters. The summed E-state index contributed by atoms with van der Waals surface area (Å²) in [6.07, 6.45) is 3.47. The van der Waals surface area contributed by atoms with Gasteiger partial charge >= 0.3 is 10.1 Å². The molecule has 4 nitrogen and oxygen atoms in total. The van der Waals surface area contributed by atoms with Gasteiger partial charge in [0.25, 0.3) is 0 Å². The Hall–Kier alpha value is -2.24. The summed E-state index contributed by atoms with van der Waals surface area (Å²) in [7, 11) is -4.33. The molecule has 0 aliphatic carbocycles. The molecule has 0 aliphatic rings. The van der Waals surface area contributed by atoms with Gasteiger partial charge in [0.1, 0.15) is 0 Å². The molecule has 0 saturated carbocycles. The van der Waals surface area contributed by atoms with Crippen LogP contribution in [0.1, 0.15) is 0 Å². The second kappa shape index (κ2) is 4.70. The van der Waals surface area contributed by atoms with E-state index in [0.717, 1.165) is 5.39 Å². The summed E-state index contributed by atoms with van der Waals surface area (Å²) >= 11 is 0. The van der Waals surface area contributed by atoms with Crippen LogP contribution in [0.4, 0.5) is 0 Å². The van der Waals surface area contributed by atoms with Crippen molar-refractivity contribution in [2.75, 3.05) is 0 Å². The summed E-state index contributed by atoms with van der Waals surface area (Å²) in [5.41, 5.74) is 0.423. The van der Waals surface area contributed by atoms with Gasteiger partial charge in [0.05, 0.1) is 0 Å². The van der Waals surface area contributed by atoms with Crippen molar-refractivity contribution in [2.24, 2.45) is 0 Å². The van der Waals surface area contributed by atoms with Crippen molar-refractivity contribution in [3.63, 3.8) is 0 Å². The van der Waals surface area contributed by atoms with E-state index in [9.17, 15) is 13.0 Å². The van der Waals surface area contributed by atoms with E-state index in [-0.39, 0.29) is 4.90 Å². The minimum Gasteiger partial charge on any atom is -0.282 e. The van der Waals surface area contributed by atoms with Crippen molar-refractivity contribution in [3.8, 4) is 5.69 Å². The van der Waals surface area contributed by atoms with Gasteiger partial charge in [-0.3, -0.25) is 4.55 Å². The zero-order valence-corrected chi connectivity index (χ0v) is 11.3. The molecular weight excluding hydrogens is 274 g/mol. The summed E-state index contributed by atoms with van der Waals surface area (Å²) in [5.74, 6) is 0. The molecule has 100 valence electrons. The third kappa shape index (κ3) is 2.17. The largest absolute Gasteiger partial charge is 0.301 e. The smallest absolute Gasteiger partial charge is 0.282 e. The third-order valence-electron chi connectivity index (χ3n) is 3.11. The predicted molar refractivity (Wildman–Crippen MR) is 75.3 cm³/mol. The van der Waals surface area contributed by atoms with Gasteiger partial charge in [-0.15, -0.1) is 0 Å². The molecule has 3 rings (SSSR count). The van der Waals surface area contributed by atoms with Gasteiger partial charge in [0, 0.05) is 23.6 Å². The van der Waals surface area contributed by atoms with Gasteiger partial charge in [0.15, 0.2) is 17.3 Å². The SMILES string of the molecule is O=S(=O)(O)c1c(-[n+]2ccccc2)ccc2ccccc12. The van der Waals surface area contributed by atoms with E-state index in [1.54, 1.807) is 47.3 Å². The Balaban J connectivity index is 2.45. The van der Waals surface area contributed by atoms with Crippen molar-refractivity contribution in [1.82, 2.24) is 0 Å². The minimum atomic E-state index is -4.33. The van der Waals surface area contributed by atoms with Gasteiger partial charge in [-0.1, -0.05) is 30.3 Å². The maximum absolute atomic E-state index is 11.8. The van der Waals surface area contributed by atoms with Crippen LogP contribution in [-0.2, 0) is 10.1 Å². The Morgan fingerprint density at radius 1 is 0.850 bits per heavy atom. The molecule has 1 N–H and O–H groups in total. The molecule has 1 heterocycles. The molecular formula is C15H12NO3S+. The average Bonchev–Trinajstić information content (AvgIpc) is 2.46. The molecule has 0 aliphatic heterocycles. The summed E-state index contributed by atoms with van der Waals surface area (Å²) in [6, 6.07) is 16.0. The third-order valence-corrected chi connectivity index (χ3v) is 4.06. The number of fused-ring (bicyclic) bond motifs is 1. The lowest BCUT2D eigenvalue weighted by Crippen LogP contribution is -2.31. The molecule has 0 fully saturated rings. The highest BCUT2D eigenvalue weighted by atomic mass is 32.2. The highest BCUT2D eigenvalue weighted by Gasteiger charge is 2.25. The monoisotopic (exact) mass is 286 g/mol. The van der Waals surface area contributed by atoms with Crippen molar-refractivity contribution < 1.29 is 17.5 Å². The van der Waals surface area contributed by atoms with Crippen LogP contribution in [0, 0.1) is 0 Å². The molecule has 2 aromatic carbocycles. The summed E-state index contributed by atoms with van der Waals surface area (Å²) in [4.78, 5) is -0.0770. The van der Waals surface area contributed by atoms with Gasteiger partial charge in [-0.2, -0.15) is 13.0 Å². The van der Waals surface area contributed by atoms with E-state index in [1.807, 2.05) is 24.3 Å². The Morgan fingerprint density at radius 3 is 2.25 bits per heavy atom. The molecule has 0 radical (unpaired) electrons. The van der Waals surface area contributed by atoms with Crippen LogP contribution in [0.3, 0.4) is 0 Å². The fraction of sp³-hybridized carbons (Fsp3) is 0. The van der Waals surface area contributed by atoms with Crippen molar-refractivity contribution in [1.29, 1.82) is 0 Å². The minimum absolute atomic E-state index is 0.0770. The summed E-state index contributed by atoms with van der Waals surface area (Å²) in [6.45, 7) is 0. The summed E-state index contributed by atoms with van der Waals surface area (Å²) in [5, 5.41) is 1.27. The van der Waals surface area contributed by atoms with Gasteiger partial charge < -0.3 is 0 Å². The van der Waals surface area contributed by atoms with Crippen LogP contribution in [0.25, 0.3) is 16.5 Å². The molecule has 0 spiro atoms. The van der Waals surface area contributed by atoms with E-state index >= 15 is 0 Å². The first-order chi connectivity index (χ1) is 9.57. The fourth-order valence-electron chi connectivity index (χ4n) is 2.27. The van der Waals surface area contributed by atoms with Crippen molar-refractivity contribution >= 4 is 20.9 Å². The Bertz CT molecular complexity index is 874. The standard InChI is InChI=1S/C15H11NO3S/c17-20(18,19)15-13-7-3-2-6-12(13)8-9-14(15)16-10-4-1-5-11-16/h1-11H/p+1. The van der Waals surface area contributed by atoms with E-state index in [4.69, 9.17) is 0 Å². The molecule has 5 heteroatoms. The topological polar surface area (TPSA) is 58.3 Å². The van der Waals surface area contributed by atoms with Crippen LogP contribution >= 0.6 is 0 Å². The van der Waals surface area contributed by atoms with Crippen molar-refractivity contribution in [2.45, 2.75) is 4.90 Å². The Labute approximate surface area is 116 Å². The number of hydrogen-bond acceptors (Lipinski definition) is 2. The van der Waals surface area contributed by atoms with E-state index in [0.29, 0.717) is 11.1 Å². The zero-order valence-electron chi connectivity index (χ0n) is 10.5. The van der Waals surface area contributed by atoms with Crippen LogP contribution in [-0.4, -0.2) is 13.0 Å². The number of aromatic nitrogens is 1. The van der Waals surface area contributed by atoms with E-state index in [2.05, 4.69) is 0 Å². The number of pyridine rings is 1. The number of benzene rings is 2. The first kappa shape index (κ1) is 12.8. The average molecular weight is 286 g/mol. The second-order valence-corrected chi connectivity index (χ2v) is 5.75. The lowest BCUT2D eigenvalue weighted by Gasteiger charge is -2.06. The van der Waals surface area contributed by atoms with E-state index in [1.165, 1.54) is 0 Å². The zero-order chi connectivity index (χ0) is 14.2. The molecule has 0 unspecified atom stereocenters. The first-order valence-corrected chi connectivity index (χ1v) is 7.47. The lowest BCUT2D eigenvalue weighted by atomic mass is 10.1. The second-order valence-electron chi connectivity index (χ2n) is 4.39. The highest BCUT2D eigenvalue weighted by Crippen LogP contribution is 2.26. The molecule has 0 saturated heterocycles. The van der Waals surface area contributed by atoms with E-state index < -0.39 is 10.1 Å². The van der Waals surface area contributed by atoms with Crippen LogP contribution < -0.4 is 4.57 Å². The predicted octanol–water partition coefficient (Wildman–Crippen LogP) is 2.36. The number of rotatable bonds is 2. The van der Waals surface area contributed by atoms with Crippen LogP contribution in [0.2, 0.25) is 0 Å². The van der Waals surface area contributed by atoms with Crippen LogP contribution in [0.15, 0.2) is 71.9 Å². The maximum atomic E-state index is 11.8. The molecule has 0 bridgehead atoms.